The maximum Gasteiger partial charge on any atom is 0.180 e. The molecule has 2 rings (SSSR count). The van der Waals surface area contributed by atoms with Crippen LogP contribution in [-0.4, -0.2) is 38.6 Å². The molecule has 0 aliphatic carbocycles. The SMILES string of the molecule is Cc1cccc(S(=O)(=O)CC(O)C2CCOC2)c1. The highest BCUT2D eigenvalue weighted by atomic mass is 32.2. The first kappa shape index (κ1) is 13.5. The lowest BCUT2D eigenvalue weighted by Gasteiger charge is -2.16. The molecule has 0 bridgehead atoms. The molecular formula is C13H18O4S. The highest BCUT2D eigenvalue weighted by molar-refractivity contribution is 7.91. The molecule has 100 valence electrons. The second kappa shape index (κ2) is 5.38. The van der Waals surface area contributed by atoms with E-state index in [0.717, 1.165) is 12.0 Å². The molecule has 2 unspecified atom stereocenters. The number of aliphatic hydroxyl groups excluding tert-OH is 1. The number of benzene rings is 1. The number of ether oxygens (including phenoxy) is 1. The zero-order valence-corrected chi connectivity index (χ0v) is 11.2. The van der Waals surface area contributed by atoms with Crippen LogP contribution in [0.5, 0.6) is 0 Å². The summed E-state index contributed by atoms with van der Waals surface area (Å²) in [4.78, 5) is 0.278. The fraction of sp³-hybridized carbons (Fsp3) is 0.538. The molecule has 1 heterocycles. The Morgan fingerprint density at radius 2 is 2.28 bits per heavy atom. The van der Waals surface area contributed by atoms with E-state index in [1.807, 2.05) is 13.0 Å². The van der Waals surface area contributed by atoms with Crippen molar-refractivity contribution in [1.29, 1.82) is 0 Å². The van der Waals surface area contributed by atoms with Gasteiger partial charge >= 0.3 is 0 Å². The summed E-state index contributed by atoms with van der Waals surface area (Å²) in [5.74, 6) is -0.297. The van der Waals surface area contributed by atoms with E-state index >= 15 is 0 Å². The fourth-order valence-corrected chi connectivity index (χ4v) is 3.69. The van der Waals surface area contributed by atoms with Gasteiger partial charge in [-0.05, 0) is 31.0 Å². The van der Waals surface area contributed by atoms with E-state index in [9.17, 15) is 13.5 Å². The second-order valence-electron chi connectivity index (χ2n) is 4.79. The largest absolute Gasteiger partial charge is 0.392 e. The molecule has 5 heteroatoms. The summed E-state index contributed by atoms with van der Waals surface area (Å²) in [5, 5.41) is 9.96. The molecule has 1 saturated heterocycles. The van der Waals surface area contributed by atoms with Crippen LogP contribution in [0.25, 0.3) is 0 Å². The molecule has 0 amide bonds. The van der Waals surface area contributed by atoms with Crippen LogP contribution >= 0.6 is 0 Å². The lowest BCUT2D eigenvalue weighted by molar-refractivity contribution is 0.108. The molecule has 0 spiro atoms. The quantitative estimate of drug-likeness (QED) is 0.892. The molecule has 1 aromatic rings. The Morgan fingerprint density at radius 3 is 2.89 bits per heavy atom. The molecule has 1 aliphatic rings. The maximum absolute atomic E-state index is 12.2. The van der Waals surface area contributed by atoms with Crippen LogP contribution in [0.4, 0.5) is 0 Å². The van der Waals surface area contributed by atoms with Gasteiger partial charge in [0.25, 0.3) is 0 Å². The average molecular weight is 270 g/mol. The Labute approximate surface area is 108 Å². The highest BCUT2D eigenvalue weighted by Gasteiger charge is 2.29. The van der Waals surface area contributed by atoms with Gasteiger partial charge in [-0.15, -0.1) is 0 Å². The van der Waals surface area contributed by atoms with E-state index in [1.54, 1.807) is 18.2 Å². The third-order valence-corrected chi connectivity index (χ3v) is 5.00. The van der Waals surface area contributed by atoms with Crippen molar-refractivity contribution >= 4 is 9.84 Å². The van der Waals surface area contributed by atoms with Crippen molar-refractivity contribution in [2.75, 3.05) is 19.0 Å². The molecule has 1 aromatic carbocycles. The smallest absolute Gasteiger partial charge is 0.180 e. The average Bonchev–Trinajstić information content (AvgIpc) is 2.82. The van der Waals surface area contributed by atoms with E-state index < -0.39 is 15.9 Å². The summed E-state index contributed by atoms with van der Waals surface area (Å²) in [7, 11) is -3.42. The Bertz CT molecular complexity index is 503. The zero-order valence-electron chi connectivity index (χ0n) is 10.4. The van der Waals surface area contributed by atoms with Gasteiger partial charge in [-0.2, -0.15) is 0 Å². The van der Waals surface area contributed by atoms with Gasteiger partial charge in [-0.25, -0.2) is 8.42 Å². The summed E-state index contributed by atoms with van der Waals surface area (Å²) < 4.78 is 29.5. The van der Waals surface area contributed by atoms with Gasteiger partial charge in [0.05, 0.1) is 23.4 Å². The van der Waals surface area contributed by atoms with Gasteiger partial charge < -0.3 is 9.84 Å². The molecule has 18 heavy (non-hydrogen) atoms. The topological polar surface area (TPSA) is 63.6 Å². The lowest BCUT2D eigenvalue weighted by Crippen LogP contribution is -2.29. The number of aliphatic hydroxyl groups is 1. The molecule has 4 nitrogen and oxygen atoms in total. The molecule has 2 atom stereocenters. The van der Waals surface area contributed by atoms with Crippen molar-refractivity contribution in [3.8, 4) is 0 Å². The van der Waals surface area contributed by atoms with Crippen LogP contribution < -0.4 is 0 Å². The van der Waals surface area contributed by atoms with Crippen LogP contribution in [0.2, 0.25) is 0 Å². The number of aryl methyl sites for hydroxylation is 1. The van der Waals surface area contributed by atoms with Crippen LogP contribution in [0.1, 0.15) is 12.0 Å². The summed E-state index contributed by atoms with van der Waals surface area (Å²) in [6.45, 7) is 2.90. The van der Waals surface area contributed by atoms with Crippen molar-refractivity contribution in [1.82, 2.24) is 0 Å². The minimum absolute atomic E-state index is 0.0652. The Kier molecular flexibility index (Phi) is 4.04. The Balaban J connectivity index is 2.11. The number of hydrogen-bond acceptors (Lipinski definition) is 4. The van der Waals surface area contributed by atoms with Gasteiger partial charge in [0, 0.05) is 12.5 Å². The molecule has 1 fully saturated rings. The predicted molar refractivity (Wildman–Crippen MR) is 68.2 cm³/mol. The van der Waals surface area contributed by atoms with Gasteiger partial charge in [0.2, 0.25) is 0 Å². The van der Waals surface area contributed by atoms with E-state index in [4.69, 9.17) is 4.74 Å². The molecular weight excluding hydrogens is 252 g/mol. The molecule has 1 N–H and O–H groups in total. The van der Waals surface area contributed by atoms with Crippen LogP contribution in [0.3, 0.4) is 0 Å². The molecule has 0 saturated carbocycles. The summed E-state index contributed by atoms with van der Waals surface area (Å²) in [6.07, 6.45) is -0.122. The first-order valence-electron chi connectivity index (χ1n) is 6.04. The van der Waals surface area contributed by atoms with Crippen molar-refractivity contribution in [3.63, 3.8) is 0 Å². The molecule has 1 aliphatic heterocycles. The minimum Gasteiger partial charge on any atom is -0.392 e. The Morgan fingerprint density at radius 1 is 1.50 bits per heavy atom. The monoisotopic (exact) mass is 270 g/mol. The normalized spacial score (nSPS) is 22.0. The van der Waals surface area contributed by atoms with Crippen LogP contribution in [-0.2, 0) is 14.6 Å². The van der Waals surface area contributed by atoms with E-state index in [-0.39, 0.29) is 16.6 Å². The summed E-state index contributed by atoms with van der Waals surface area (Å²) in [5.41, 5.74) is 0.898. The van der Waals surface area contributed by atoms with Crippen LogP contribution in [0, 0.1) is 12.8 Å². The first-order valence-corrected chi connectivity index (χ1v) is 7.69. The van der Waals surface area contributed by atoms with E-state index in [0.29, 0.717) is 13.2 Å². The third-order valence-electron chi connectivity index (χ3n) is 3.25. The van der Waals surface area contributed by atoms with Gasteiger partial charge in [-0.1, -0.05) is 12.1 Å². The van der Waals surface area contributed by atoms with Crippen molar-refractivity contribution in [2.24, 2.45) is 5.92 Å². The molecule has 0 aromatic heterocycles. The highest BCUT2D eigenvalue weighted by Crippen LogP contribution is 2.21. The standard InChI is InChI=1S/C13H18O4S/c1-10-3-2-4-12(7-10)18(15,16)9-13(14)11-5-6-17-8-11/h2-4,7,11,13-14H,5-6,8-9H2,1H3. The number of rotatable bonds is 4. The van der Waals surface area contributed by atoms with Gasteiger partial charge in [-0.3, -0.25) is 0 Å². The van der Waals surface area contributed by atoms with Crippen LogP contribution in [0.15, 0.2) is 29.2 Å². The molecule has 0 radical (unpaired) electrons. The zero-order chi connectivity index (χ0) is 13.2. The van der Waals surface area contributed by atoms with Gasteiger partial charge in [0.1, 0.15) is 0 Å². The first-order chi connectivity index (χ1) is 8.49. The number of sulfone groups is 1. The summed E-state index contributed by atoms with van der Waals surface area (Å²) >= 11 is 0. The Hall–Kier alpha value is -0.910. The minimum atomic E-state index is -3.42. The van der Waals surface area contributed by atoms with E-state index in [1.165, 1.54) is 0 Å². The predicted octanol–water partition coefficient (Wildman–Crippen LogP) is 1.17. The van der Waals surface area contributed by atoms with E-state index in [2.05, 4.69) is 0 Å². The lowest BCUT2D eigenvalue weighted by atomic mass is 10.0. The third kappa shape index (κ3) is 3.10. The van der Waals surface area contributed by atoms with Crippen molar-refractivity contribution < 1.29 is 18.3 Å². The summed E-state index contributed by atoms with van der Waals surface area (Å²) in [6, 6.07) is 6.76. The number of hydrogen-bond donors (Lipinski definition) is 1. The van der Waals surface area contributed by atoms with Crippen molar-refractivity contribution in [3.05, 3.63) is 29.8 Å². The fourth-order valence-electron chi connectivity index (χ4n) is 2.12. The van der Waals surface area contributed by atoms with Gasteiger partial charge in [0.15, 0.2) is 9.84 Å². The maximum atomic E-state index is 12.2. The van der Waals surface area contributed by atoms with Crippen molar-refractivity contribution in [2.45, 2.75) is 24.3 Å². The second-order valence-corrected chi connectivity index (χ2v) is 6.82.